The van der Waals surface area contributed by atoms with Gasteiger partial charge in [0.2, 0.25) is 5.91 Å². The molecule has 1 fully saturated rings. The monoisotopic (exact) mass is 576 g/mol. The summed E-state index contributed by atoms with van der Waals surface area (Å²) >= 11 is 0. The van der Waals surface area contributed by atoms with E-state index in [-0.39, 0.29) is 24.2 Å². The molecular formula is C29H35F3N4O5. The number of morpholine rings is 1. The average Bonchev–Trinajstić information content (AvgIpc) is 2.90. The fourth-order valence-corrected chi connectivity index (χ4v) is 4.66. The Kier molecular flexibility index (Phi) is 8.65. The van der Waals surface area contributed by atoms with Crippen molar-refractivity contribution in [1.29, 1.82) is 0 Å². The lowest BCUT2D eigenvalue weighted by molar-refractivity contribution is -0.170. The van der Waals surface area contributed by atoms with Crippen LogP contribution in [0.25, 0.3) is 10.9 Å². The number of amides is 1. The molecule has 1 aliphatic heterocycles. The zero-order chi connectivity index (χ0) is 30.1. The van der Waals surface area contributed by atoms with E-state index >= 15 is 4.39 Å². The van der Waals surface area contributed by atoms with Gasteiger partial charge in [-0.3, -0.25) is 4.79 Å². The highest BCUT2D eigenvalue weighted by Gasteiger charge is 2.49. The highest BCUT2D eigenvalue weighted by molar-refractivity contribution is 5.92. The molecule has 0 aliphatic carbocycles. The molecule has 2 heterocycles. The van der Waals surface area contributed by atoms with Crippen molar-refractivity contribution < 1.29 is 37.3 Å². The Hall–Kier alpha value is -3.64. The molecule has 0 saturated carbocycles. The van der Waals surface area contributed by atoms with Crippen LogP contribution < -0.4 is 14.8 Å². The Balaban J connectivity index is 1.65. The number of ether oxygens (including phenoxy) is 3. The van der Waals surface area contributed by atoms with Gasteiger partial charge >= 0.3 is 5.92 Å². The lowest BCUT2D eigenvalue weighted by atomic mass is 9.91. The second-order valence-electron chi connectivity index (χ2n) is 10.6. The number of hydrogen-bond donors (Lipinski definition) is 2. The van der Waals surface area contributed by atoms with E-state index in [1.54, 1.807) is 30.9 Å². The number of halogens is 3. The van der Waals surface area contributed by atoms with Crippen molar-refractivity contribution in [1.82, 2.24) is 14.9 Å². The second kappa shape index (κ2) is 11.7. The minimum Gasteiger partial charge on any atom is -0.493 e. The third-order valence-corrected chi connectivity index (χ3v) is 7.06. The Labute approximate surface area is 236 Å². The minimum atomic E-state index is -3.82. The first-order valence-corrected chi connectivity index (χ1v) is 13.2. The molecule has 3 aromatic rings. The molecule has 41 heavy (non-hydrogen) atoms. The van der Waals surface area contributed by atoms with E-state index in [0.717, 1.165) is 19.9 Å². The fourth-order valence-electron chi connectivity index (χ4n) is 4.66. The van der Waals surface area contributed by atoms with Crippen LogP contribution in [-0.4, -0.2) is 71.0 Å². The molecule has 4 rings (SSSR count). The number of aromatic nitrogens is 2. The van der Waals surface area contributed by atoms with Gasteiger partial charge in [0.05, 0.1) is 37.4 Å². The number of aryl methyl sites for hydroxylation is 1. The maximum Gasteiger partial charge on any atom is 0.303 e. The number of fused-ring (bicyclic) bond motifs is 1. The van der Waals surface area contributed by atoms with Gasteiger partial charge in [-0.25, -0.2) is 14.4 Å². The van der Waals surface area contributed by atoms with E-state index in [9.17, 15) is 18.7 Å². The summed E-state index contributed by atoms with van der Waals surface area (Å²) < 4.78 is 62.4. The summed E-state index contributed by atoms with van der Waals surface area (Å²) in [6, 6.07) is 6.28. The standard InChI is InChI=1S/C29H35F3N4O5/c1-16(20-8-7-9-22(26(20)30)29(31,32)28(4,5)38)33-27-21-12-25(24(39-6)13-23(21)34-17(2)35-27)41-15-19-14-36(18(3)37)10-11-40-19/h7-9,12-13,16,19,38H,10-11,14-15H2,1-6H3,(H,33,34,35)/t16-,19-/m1/s1. The number of alkyl halides is 2. The van der Waals surface area contributed by atoms with Crippen molar-refractivity contribution in [2.75, 3.05) is 38.7 Å². The van der Waals surface area contributed by atoms with Gasteiger partial charge in [-0.05, 0) is 39.8 Å². The number of benzene rings is 2. The smallest absolute Gasteiger partial charge is 0.303 e. The van der Waals surface area contributed by atoms with Crippen LogP contribution in [0, 0.1) is 12.7 Å². The van der Waals surface area contributed by atoms with E-state index < -0.39 is 28.9 Å². The number of anilines is 1. The van der Waals surface area contributed by atoms with Crippen LogP contribution in [0.2, 0.25) is 0 Å². The normalized spacial score (nSPS) is 16.9. The summed E-state index contributed by atoms with van der Waals surface area (Å²) in [7, 11) is 1.50. The zero-order valence-corrected chi connectivity index (χ0v) is 23.9. The first-order chi connectivity index (χ1) is 19.2. The van der Waals surface area contributed by atoms with Crippen LogP contribution in [-0.2, 0) is 15.5 Å². The molecule has 0 radical (unpaired) electrons. The molecule has 0 spiro atoms. The molecule has 9 nitrogen and oxygen atoms in total. The molecule has 0 unspecified atom stereocenters. The van der Waals surface area contributed by atoms with E-state index in [1.165, 1.54) is 26.2 Å². The largest absolute Gasteiger partial charge is 0.493 e. The third kappa shape index (κ3) is 6.33. The van der Waals surface area contributed by atoms with Crippen molar-refractivity contribution in [3.8, 4) is 11.5 Å². The predicted octanol–water partition coefficient (Wildman–Crippen LogP) is 4.75. The summed E-state index contributed by atoms with van der Waals surface area (Å²) in [5, 5.41) is 13.6. The molecule has 1 aromatic heterocycles. The first-order valence-electron chi connectivity index (χ1n) is 13.2. The third-order valence-electron chi connectivity index (χ3n) is 7.06. The summed E-state index contributed by atoms with van der Waals surface area (Å²) in [6.45, 7) is 8.17. The Morgan fingerprint density at radius 2 is 2.00 bits per heavy atom. The number of carbonyl (C=O) groups excluding carboxylic acids is 1. The minimum absolute atomic E-state index is 0.0229. The van der Waals surface area contributed by atoms with E-state index in [2.05, 4.69) is 15.3 Å². The molecule has 2 atom stereocenters. The number of nitrogens with one attached hydrogen (secondary N) is 1. The van der Waals surface area contributed by atoms with E-state index in [0.29, 0.717) is 53.7 Å². The second-order valence-corrected chi connectivity index (χ2v) is 10.6. The highest BCUT2D eigenvalue weighted by atomic mass is 19.3. The molecule has 1 aliphatic rings. The maximum atomic E-state index is 15.4. The van der Waals surface area contributed by atoms with Gasteiger partial charge in [-0.15, -0.1) is 0 Å². The topological polar surface area (TPSA) is 106 Å². The van der Waals surface area contributed by atoms with Crippen LogP contribution in [0.3, 0.4) is 0 Å². The Morgan fingerprint density at radius 3 is 2.66 bits per heavy atom. The van der Waals surface area contributed by atoms with Crippen LogP contribution in [0.4, 0.5) is 19.0 Å². The van der Waals surface area contributed by atoms with Gasteiger partial charge in [-0.2, -0.15) is 8.78 Å². The van der Waals surface area contributed by atoms with Crippen molar-refractivity contribution in [2.24, 2.45) is 0 Å². The number of rotatable bonds is 9. The highest BCUT2D eigenvalue weighted by Crippen LogP contribution is 2.42. The van der Waals surface area contributed by atoms with E-state index in [4.69, 9.17) is 14.2 Å². The number of nitrogens with zero attached hydrogens (tertiary/aromatic N) is 3. The Morgan fingerprint density at radius 1 is 1.27 bits per heavy atom. The Bertz CT molecular complexity index is 1430. The van der Waals surface area contributed by atoms with Gasteiger partial charge in [0, 0.05) is 30.5 Å². The SMILES string of the molecule is COc1cc2nc(C)nc(N[C@H](C)c3cccc(C(F)(F)C(C)(C)O)c3F)c2cc1OC[C@H]1CN(C(C)=O)CCO1. The number of carbonyl (C=O) groups is 1. The van der Waals surface area contributed by atoms with Gasteiger partial charge in [0.25, 0.3) is 0 Å². The molecule has 0 bridgehead atoms. The van der Waals surface area contributed by atoms with Crippen molar-refractivity contribution >= 4 is 22.6 Å². The number of aliphatic hydroxyl groups is 1. The number of hydrogen-bond acceptors (Lipinski definition) is 8. The van der Waals surface area contributed by atoms with Crippen LogP contribution >= 0.6 is 0 Å². The molecule has 2 aromatic carbocycles. The lowest BCUT2D eigenvalue weighted by Gasteiger charge is -2.32. The summed E-state index contributed by atoms with van der Waals surface area (Å²) in [5.41, 5.74) is -2.86. The maximum absolute atomic E-state index is 15.4. The van der Waals surface area contributed by atoms with E-state index in [1.807, 2.05) is 0 Å². The predicted molar refractivity (Wildman–Crippen MR) is 147 cm³/mol. The summed E-state index contributed by atoms with van der Waals surface area (Å²) in [6.07, 6.45) is -0.336. The molecule has 2 N–H and O–H groups in total. The van der Waals surface area contributed by atoms with Crippen LogP contribution in [0.15, 0.2) is 30.3 Å². The average molecular weight is 577 g/mol. The number of methoxy groups -OCH3 is 1. The molecule has 12 heteroatoms. The first kappa shape index (κ1) is 30.3. The van der Waals surface area contributed by atoms with Gasteiger partial charge in [-0.1, -0.05) is 12.1 Å². The molecular weight excluding hydrogens is 541 g/mol. The van der Waals surface area contributed by atoms with Crippen molar-refractivity contribution in [3.63, 3.8) is 0 Å². The zero-order valence-electron chi connectivity index (χ0n) is 23.9. The quantitative estimate of drug-likeness (QED) is 0.376. The van der Waals surface area contributed by atoms with Gasteiger partial charge < -0.3 is 29.5 Å². The van der Waals surface area contributed by atoms with Gasteiger partial charge in [0.15, 0.2) is 11.5 Å². The fraction of sp³-hybridized carbons (Fsp3) is 0.483. The summed E-state index contributed by atoms with van der Waals surface area (Å²) in [4.78, 5) is 22.4. The molecule has 1 amide bonds. The van der Waals surface area contributed by atoms with Crippen LogP contribution in [0.1, 0.15) is 50.7 Å². The summed E-state index contributed by atoms with van der Waals surface area (Å²) in [5.74, 6) is -3.42. The molecule has 222 valence electrons. The van der Waals surface area contributed by atoms with Crippen molar-refractivity contribution in [3.05, 3.63) is 53.1 Å². The van der Waals surface area contributed by atoms with Gasteiger partial charge in [0.1, 0.15) is 35.8 Å². The molecule has 1 saturated heterocycles. The lowest BCUT2D eigenvalue weighted by Crippen LogP contribution is -2.46. The van der Waals surface area contributed by atoms with Crippen molar-refractivity contribution in [2.45, 2.75) is 58.3 Å². The van der Waals surface area contributed by atoms with Crippen LogP contribution in [0.5, 0.6) is 11.5 Å².